The van der Waals surface area contributed by atoms with E-state index in [1.807, 2.05) is 42.1 Å². The van der Waals surface area contributed by atoms with Crippen molar-refractivity contribution in [2.75, 3.05) is 63.2 Å². The van der Waals surface area contributed by atoms with E-state index in [0.29, 0.717) is 17.8 Å². The van der Waals surface area contributed by atoms with Gasteiger partial charge in [-0.05, 0) is 64.4 Å². The SMILES string of the molecule is CN(C)CCNC(=O)CN1C(=O)[C@H]2CCCCN2c2ccc(C(=O)N3CCCC3)cc21. The van der Waals surface area contributed by atoms with Crippen molar-refractivity contribution in [2.45, 2.75) is 38.1 Å². The molecule has 3 aliphatic heterocycles. The molecule has 31 heavy (non-hydrogen) atoms. The summed E-state index contributed by atoms with van der Waals surface area (Å²) >= 11 is 0. The monoisotopic (exact) mass is 427 g/mol. The fourth-order valence-electron chi connectivity index (χ4n) is 4.78. The molecule has 1 N–H and O–H groups in total. The third-order valence-corrected chi connectivity index (χ3v) is 6.45. The quantitative estimate of drug-likeness (QED) is 0.741. The Hall–Kier alpha value is -2.61. The highest BCUT2D eigenvalue weighted by Gasteiger charge is 2.40. The fourth-order valence-corrected chi connectivity index (χ4v) is 4.78. The topological polar surface area (TPSA) is 76.2 Å². The summed E-state index contributed by atoms with van der Waals surface area (Å²) in [6, 6.07) is 5.42. The van der Waals surface area contributed by atoms with Crippen LogP contribution in [-0.4, -0.2) is 86.9 Å². The molecule has 168 valence electrons. The van der Waals surface area contributed by atoms with Gasteiger partial charge in [-0.25, -0.2) is 0 Å². The average Bonchev–Trinajstić information content (AvgIpc) is 3.30. The summed E-state index contributed by atoms with van der Waals surface area (Å²) in [5.41, 5.74) is 2.21. The molecular formula is C23H33N5O3. The van der Waals surface area contributed by atoms with Gasteiger partial charge in [0.1, 0.15) is 12.6 Å². The van der Waals surface area contributed by atoms with Crippen molar-refractivity contribution in [3.05, 3.63) is 23.8 Å². The molecule has 1 aromatic carbocycles. The second-order valence-electron chi connectivity index (χ2n) is 8.99. The molecule has 2 fully saturated rings. The van der Waals surface area contributed by atoms with Crippen molar-refractivity contribution in [2.24, 2.45) is 0 Å². The average molecular weight is 428 g/mol. The van der Waals surface area contributed by atoms with Crippen LogP contribution in [0.4, 0.5) is 11.4 Å². The second-order valence-corrected chi connectivity index (χ2v) is 8.99. The van der Waals surface area contributed by atoms with E-state index in [-0.39, 0.29) is 30.3 Å². The molecule has 3 aliphatic rings. The van der Waals surface area contributed by atoms with Gasteiger partial charge >= 0.3 is 0 Å². The Kier molecular flexibility index (Phi) is 6.46. The number of carbonyl (C=O) groups excluding carboxylic acids is 3. The van der Waals surface area contributed by atoms with E-state index in [2.05, 4.69) is 10.2 Å². The molecule has 0 spiro atoms. The standard InChI is InChI=1S/C23H33N5O3/c1-25(2)14-10-24-21(29)16-28-20-15-17(22(30)26-11-5-6-12-26)8-9-18(20)27-13-4-3-7-19(27)23(28)31/h8-9,15,19H,3-7,10-14,16H2,1-2H3,(H,24,29)/t19-/m1/s1. The molecule has 2 saturated heterocycles. The van der Waals surface area contributed by atoms with Crippen LogP contribution in [0.2, 0.25) is 0 Å². The van der Waals surface area contributed by atoms with Gasteiger partial charge in [-0.1, -0.05) is 0 Å². The largest absolute Gasteiger partial charge is 0.358 e. The molecular weight excluding hydrogens is 394 g/mol. The number of likely N-dealkylation sites (N-methyl/N-ethyl adjacent to an activating group) is 1. The van der Waals surface area contributed by atoms with Crippen molar-refractivity contribution in [1.82, 2.24) is 15.1 Å². The maximum Gasteiger partial charge on any atom is 0.253 e. The highest BCUT2D eigenvalue weighted by Crippen LogP contribution is 2.40. The van der Waals surface area contributed by atoms with Crippen molar-refractivity contribution >= 4 is 29.1 Å². The minimum atomic E-state index is -0.226. The summed E-state index contributed by atoms with van der Waals surface area (Å²) in [5, 5.41) is 2.90. The normalized spacial score (nSPS) is 20.7. The number of nitrogens with zero attached hydrogens (tertiary/aromatic N) is 4. The third-order valence-electron chi connectivity index (χ3n) is 6.45. The zero-order chi connectivity index (χ0) is 22.0. The Labute approximate surface area is 184 Å². The molecule has 8 heteroatoms. The second kappa shape index (κ2) is 9.26. The van der Waals surface area contributed by atoms with Crippen LogP contribution in [0.1, 0.15) is 42.5 Å². The number of hydrogen-bond acceptors (Lipinski definition) is 5. The first-order chi connectivity index (χ1) is 15.0. The van der Waals surface area contributed by atoms with Crippen molar-refractivity contribution < 1.29 is 14.4 Å². The summed E-state index contributed by atoms with van der Waals surface area (Å²) in [6.45, 7) is 3.63. The first kappa shape index (κ1) is 21.6. The van der Waals surface area contributed by atoms with Gasteiger partial charge in [0, 0.05) is 38.3 Å². The van der Waals surface area contributed by atoms with E-state index >= 15 is 0 Å². The predicted molar refractivity (Wildman–Crippen MR) is 120 cm³/mol. The molecule has 3 heterocycles. The Morgan fingerprint density at radius 2 is 1.81 bits per heavy atom. The molecule has 4 rings (SSSR count). The molecule has 0 bridgehead atoms. The lowest BCUT2D eigenvalue weighted by molar-refractivity contribution is -0.125. The number of hydrogen-bond donors (Lipinski definition) is 1. The number of likely N-dealkylation sites (tertiary alicyclic amines) is 1. The number of rotatable bonds is 6. The minimum absolute atomic E-state index is 0.00361. The van der Waals surface area contributed by atoms with Gasteiger partial charge < -0.3 is 20.0 Å². The molecule has 8 nitrogen and oxygen atoms in total. The van der Waals surface area contributed by atoms with Crippen LogP contribution < -0.4 is 15.1 Å². The number of nitrogens with one attached hydrogen (secondary N) is 1. The summed E-state index contributed by atoms with van der Waals surface area (Å²) < 4.78 is 0. The molecule has 1 aromatic rings. The van der Waals surface area contributed by atoms with E-state index in [1.165, 1.54) is 0 Å². The molecule has 0 aliphatic carbocycles. The Bertz CT molecular complexity index is 850. The number of fused-ring (bicyclic) bond motifs is 3. The van der Waals surface area contributed by atoms with Crippen LogP contribution in [0, 0.1) is 0 Å². The maximum atomic E-state index is 13.4. The zero-order valence-electron chi connectivity index (χ0n) is 18.6. The molecule has 1 atom stereocenters. The van der Waals surface area contributed by atoms with Gasteiger partial charge in [-0.3, -0.25) is 19.3 Å². The number of amides is 3. The first-order valence-electron chi connectivity index (χ1n) is 11.4. The third kappa shape index (κ3) is 4.54. The van der Waals surface area contributed by atoms with Gasteiger partial charge in [0.15, 0.2) is 0 Å². The summed E-state index contributed by atoms with van der Waals surface area (Å²) in [7, 11) is 3.90. The van der Waals surface area contributed by atoms with Gasteiger partial charge in [-0.2, -0.15) is 0 Å². The Balaban J connectivity index is 1.61. The molecule has 0 unspecified atom stereocenters. The zero-order valence-corrected chi connectivity index (χ0v) is 18.6. The Morgan fingerprint density at radius 3 is 2.55 bits per heavy atom. The number of anilines is 2. The van der Waals surface area contributed by atoms with E-state index in [0.717, 1.165) is 64.0 Å². The van der Waals surface area contributed by atoms with Crippen LogP contribution in [-0.2, 0) is 9.59 Å². The number of benzene rings is 1. The van der Waals surface area contributed by atoms with Gasteiger partial charge in [0.05, 0.1) is 11.4 Å². The van der Waals surface area contributed by atoms with Crippen LogP contribution in [0.3, 0.4) is 0 Å². The lowest BCUT2D eigenvalue weighted by Gasteiger charge is -2.45. The van der Waals surface area contributed by atoms with Gasteiger partial charge in [0.25, 0.3) is 5.91 Å². The molecule has 0 aromatic heterocycles. The first-order valence-corrected chi connectivity index (χ1v) is 11.4. The van der Waals surface area contributed by atoms with Crippen molar-refractivity contribution in [3.63, 3.8) is 0 Å². The van der Waals surface area contributed by atoms with Crippen molar-refractivity contribution in [3.8, 4) is 0 Å². The summed E-state index contributed by atoms with van der Waals surface area (Å²) in [5.74, 6) is -0.216. The Morgan fingerprint density at radius 1 is 1.06 bits per heavy atom. The van der Waals surface area contributed by atoms with Crippen molar-refractivity contribution in [1.29, 1.82) is 0 Å². The lowest BCUT2D eigenvalue weighted by Crippen LogP contribution is -2.57. The van der Waals surface area contributed by atoms with Crippen LogP contribution in [0.25, 0.3) is 0 Å². The maximum absolute atomic E-state index is 13.4. The lowest BCUT2D eigenvalue weighted by atomic mass is 9.95. The highest BCUT2D eigenvalue weighted by molar-refractivity contribution is 6.09. The van der Waals surface area contributed by atoms with E-state index in [4.69, 9.17) is 0 Å². The highest BCUT2D eigenvalue weighted by atomic mass is 16.2. The predicted octanol–water partition coefficient (Wildman–Crippen LogP) is 1.31. The van der Waals surface area contributed by atoms with E-state index in [1.54, 1.807) is 4.90 Å². The van der Waals surface area contributed by atoms with Crippen LogP contribution >= 0.6 is 0 Å². The smallest absolute Gasteiger partial charge is 0.253 e. The molecule has 0 saturated carbocycles. The minimum Gasteiger partial charge on any atom is -0.358 e. The number of piperidine rings is 1. The number of carbonyl (C=O) groups is 3. The van der Waals surface area contributed by atoms with Crippen LogP contribution in [0.15, 0.2) is 18.2 Å². The van der Waals surface area contributed by atoms with E-state index < -0.39 is 0 Å². The summed E-state index contributed by atoms with van der Waals surface area (Å²) in [6.07, 6.45) is 4.92. The van der Waals surface area contributed by atoms with Gasteiger partial charge in [0.2, 0.25) is 11.8 Å². The molecule has 0 radical (unpaired) electrons. The summed E-state index contributed by atoms with van der Waals surface area (Å²) in [4.78, 5) is 46.6. The fraction of sp³-hybridized carbons (Fsp3) is 0.609. The van der Waals surface area contributed by atoms with Crippen LogP contribution in [0.5, 0.6) is 0 Å². The van der Waals surface area contributed by atoms with E-state index in [9.17, 15) is 14.4 Å². The van der Waals surface area contributed by atoms with Gasteiger partial charge in [-0.15, -0.1) is 0 Å². The molecule has 3 amide bonds.